The monoisotopic (exact) mass is 703 g/mol. The van der Waals surface area contributed by atoms with Crippen LogP contribution in [0.4, 0.5) is 0 Å². The standard InChI is InChI=1S/C43H78N2O5/c1-3-5-7-9-11-13-15-16-18-20-22-27-31-37-42(47)50-39(33-28-24-21-19-17-14-12-10-8-6-4-2)34-29-25-23-26-30-36-41(46)45-40(43(48)49)35-32-38-44/h7,9,13,15,19,21,39-40H,3-6,8,10-12,14,16-18,20,22-38,44H2,1-2H3,(H,45,46)(H,48,49)/b9-7-,15-13-,21-19-. The van der Waals surface area contributed by atoms with Gasteiger partial charge in [-0.05, 0) is 103 Å². The van der Waals surface area contributed by atoms with Crippen molar-refractivity contribution in [2.45, 2.75) is 212 Å². The van der Waals surface area contributed by atoms with Gasteiger partial charge in [0.25, 0.3) is 0 Å². The predicted molar refractivity (Wildman–Crippen MR) is 211 cm³/mol. The molecule has 7 nitrogen and oxygen atoms in total. The number of carbonyl (C=O) groups excluding carboxylic acids is 2. The zero-order chi connectivity index (χ0) is 36.8. The number of carbonyl (C=O) groups is 3. The number of rotatable bonds is 37. The molecule has 0 bridgehead atoms. The van der Waals surface area contributed by atoms with Crippen LogP contribution in [-0.4, -0.2) is 41.6 Å². The molecule has 1 amide bonds. The van der Waals surface area contributed by atoms with Crippen LogP contribution in [0.3, 0.4) is 0 Å². The summed E-state index contributed by atoms with van der Waals surface area (Å²) in [4.78, 5) is 36.3. The molecule has 0 aromatic heterocycles. The quantitative estimate of drug-likeness (QED) is 0.0337. The number of carboxylic acid groups (broad SMARTS) is 1. The zero-order valence-electron chi connectivity index (χ0n) is 32.5. The van der Waals surface area contributed by atoms with Gasteiger partial charge < -0.3 is 20.9 Å². The van der Waals surface area contributed by atoms with Crippen LogP contribution in [-0.2, 0) is 19.1 Å². The van der Waals surface area contributed by atoms with E-state index in [1.165, 1.54) is 70.6 Å². The molecule has 50 heavy (non-hydrogen) atoms. The summed E-state index contributed by atoms with van der Waals surface area (Å²) in [6, 6.07) is -0.859. The zero-order valence-corrected chi connectivity index (χ0v) is 32.5. The summed E-state index contributed by atoms with van der Waals surface area (Å²) in [5.41, 5.74) is 5.48. The molecule has 0 aliphatic rings. The Morgan fingerprint density at radius 2 is 1.10 bits per heavy atom. The minimum Gasteiger partial charge on any atom is -0.480 e. The molecule has 0 rings (SSSR count). The van der Waals surface area contributed by atoms with Crippen LogP contribution in [0.25, 0.3) is 0 Å². The smallest absolute Gasteiger partial charge is 0.326 e. The third kappa shape index (κ3) is 34.1. The molecule has 0 aromatic carbocycles. The first kappa shape index (κ1) is 47.6. The second-order valence-corrected chi connectivity index (χ2v) is 14.0. The van der Waals surface area contributed by atoms with Gasteiger partial charge in [0.15, 0.2) is 0 Å². The largest absolute Gasteiger partial charge is 0.480 e. The van der Waals surface area contributed by atoms with Gasteiger partial charge in [0.1, 0.15) is 12.1 Å². The molecule has 2 unspecified atom stereocenters. The lowest BCUT2D eigenvalue weighted by molar-refractivity contribution is -0.150. The molecule has 0 radical (unpaired) electrons. The van der Waals surface area contributed by atoms with Gasteiger partial charge in [-0.2, -0.15) is 0 Å². The molecule has 0 spiro atoms. The first-order valence-electron chi connectivity index (χ1n) is 20.8. The second-order valence-electron chi connectivity index (χ2n) is 14.0. The van der Waals surface area contributed by atoms with E-state index in [0.29, 0.717) is 32.2 Å². The normalized spacial score (nSPS) is 13.0. The van der Waals surface area contributed by atoms with Gasteiger partial charge >= 0.3 is 11.9 Å². The number of carboxylic acids is 1. The minimum absolute atomic E-state index is 0.0229. The van der Waals surface area contributed by atoms with E-state index in [1.807, 2.05) is 0 Å². The summed E-state index contributed by atoms with van der Waals surface area (Å²) in [7, 11) is 0. The molecular formula is C43H78N2O5. The molecule has 0 aliphatic carbocycles. The third-order valence-electron chi connectivity index (χ3n) is 9.16. The number of aliphatic carboxylic acids is 1. The number of amides is 1. The average molecular weight is 703 g/mol. The lowest BCUT2D eigenvalue weighted by Gasteiger charge is -2.18. The van der Waals surface area contributed by atoms with Crippen molar-refractivity contribution in [1.82, 2.24) is 5.32 Å². The molecule has 0 aromatic rings. The van der Waals surface area contributed by atoms with E-state index in [9.17, 15) is 19.5 Å². The molecule has 0 aliphatic heterocycles. The van der Waals surface area contributed by atoms with E-state index in [1.54, 1.807) is 0 Å². The number of hydrogen-bond acceptors (Lipinski definition) is 5. The summed E-state index contributed by atoms with van der Waals surface area (Å²) < 4.78 is 6.01. The van der Waals surface area contributed by atoms with Crippen LogP contribution in [0.1, 0.15) is 200 Å². The van der Waals surface area contributed by atoms with Crippen molar-refractivity contribution in [3.05, 3.63) is 36.5 Å². The summed E-state index contributed by atoms with van der Waals surface area (Å²) >= 11 is 0. The van der Waals surface area contributed by atoms with Crippen molar-refractivity contribution in [2.24, 2.45) is 5.73 Å². The Kier molecular flexibility index (Phi) is 36.0. The third-order valence-corrected chi connectivity index (χ3v) is 9.16. The molecule has 0 saturated carbocycles. The fraction of sp³-hybridized carbons (Fsp3) is 0.791. The predicted octanol–water partition coefficient (Wildman–Crippen LogP) is 11.4. The number of allylic oxidation sites excluding steroid dienone is 6. The maximum absolute atomic E-state index is 12.7. The average Bonchev–Trinajstić information content (AvgIpc) is 3.10. The Morgan fingerprint density at radius 1 is 0.580 bits per heavy atom. The number of unbranched alkanes of at least 4 members (excludes halogenated alkanes) is 17. The molecule has 0 heterocycles. The first-order valence-corrected chi connectivity index (χ1v) is 20.8. The maximum atomic E-state index is 12.7. The fourth-order valence-electron chi connectivity index (χ4n) is 6.02. The highest BCUT2D eigenvalue weighted by molar-refractivity contribution is 5.83. The summed E-state index contributed by atoms with van der Waals surface area (Å²) in [6.07, 6.45) is 43.2. The van der Waals surface area contributed by atoms with Gasteiger partial charge in [-0.25, -0.2) is 4.79 Å². The minimum atomic E-state index is -1.01. The van der Waals surface area contributed by atoms with E-state index in [0.717, 1.165) is 89.9 Å². The van der Waals surface area contributed by atoms with Crippen LogP contribution >= 0.6 is 0 Å². The highest BCUT2D eigenvalue weighted by atomic mass is 16.5. The van der Waals surface area contributed by atoms with Crippen LogP contribution in [0, 0.1) is 0 Å². The van der Waals surface area contributed by atoms with Gasteiger partial charge in [-0.3, -0.25) is 9.59 Å². The lowest BCUT2D eigenvalue weighted by Crippen LogP contribution is -2.40. The lowest BCUT2D eigenvalue weighted by atomic mass is 10.0. The van der Waals surface area contributed by atoms with Gasteiger partial charge in [-0.15, -0.1) is 0 Å². The molecular weight excluding hydrogens is 624 g/mol. The molecule has 0 saturated heterocycles. The van der Waals surface area contributed by atoms with Crippen LogP contribution in [0.15, 0.2) is 36.5 Å². The molecule has 4 N–H and O–H groups in total. The van der Waals surface area contributed by atoms with Crippen LogP contribution < -0.4 is 11.1 Å². The number of hydrogen-bond donors (Lipinski definition) is 3. The molecule has 7 heteroatoms. The van der Waals surface area contributed by atoms with Gasteiger partial charge in [0, 0.05) is 12.8 Å². The number of nitrogens with one attached hydrogen (secondary N) is 1. The molecule has 2 atom stereocenters. The van der Waals surface area contributed by atoms with Crippen LogP contribution in [0.5, 0.6) is 0 Å². The van der Waals surface area contributed by atoms with Gasteiger partial charge in [0.05, 0.1) is 0 Å². The Labute approximate surface area is 307 Å². The fourth-order valence-corrected chi connectivity index (χ4v) is 6.02. The Hall–Kier alpha value is -2.41. The number of esters is 1. The summed E-state index contributed by atoms with van der Waals surface area (Å²) in [5.74, 6) is -1.27. The van der Waals surface area contributed by atoms with Crippen molar-refractivity contribution in [1.29, 1.82) is 0 Å². The molecule has 0 fully saturated rings. The van der Waals surface area contributed by atoms with E-state index in [4.69, 9.17) is 10.5 Å². The Morgan fingerprint density at radius 3 is 1.72 bits per heavy atom. The van der Waals surface area contributed by atoms with E-state index in [2.05, 4.69) is 55.6 Å². The van der Waals surface area contributed by atoms with Crippen molar-refractivity contribution < 1.29 is 24.2 Å². The maximum Gasteiger partial charge on any atom is 0.326 e. The Balaban J connectivity index is 4.38. The van der Waals surface area contributed by atoms with Crippen molar-refractivity contribution in [3.63, 3.8) is 0 Å². The summed E-state index contributed by atoms with van der Waals surface area (Å²) in [6.45, 7) is 4.87. The highest BCUT2D eigenvalue weighted by Crippen LogP contribution is 2.18. The first-order chi connectivity index (χ1) is 24.4. The van der Waals surface area contributed by atoms with E-state index in [-0.39, 0.29) is 18.0 Å². The second kappa shape index (κ2) is 37.8. The van der Waals surface area contributed by atoms with Crippen molar-refractivity contribution in [3.8, 4) is 0 Å². The van der Waals surface area contributed by atoms with Crippen LogP contribution in [0.2, 0.25) is 0 Å². The van der Waals surface area contributed by atoms with E-state index < -0.39 is 12.0 Å². The number of ether oxygens (including phenoxy) is 1. The van der Waals surface area contributed by atoms with Gasteiger partial charge in [-0.1, -0.05) is 127 Å². The Bertz CT molecular complexity index is 885. The van der Waals surface area contributed by atoms with Crippen molar-refractivity contribution in [2.75, 3.05) is 6.54 Å². The topological polar surface area (TPSA) is 119 Å². The van der Waals surface area contributed by atoms with Gasteiger partial charge in [0.2, 0.25) is 5.91 Å². The SMILES string of the molecule is CCC/C=C\C/C=C\CCCCCCCC(=O)OC(CCC/C=C\CCCCCCCC)CCCCCCCC(=O)NC(CCCN)C(=O)O. The van der Waals surface area contributed by atoms with Crippen molar-refractivity contribution >= 4 is 17.8 Å². The summed E-state index contributed by atoms with van der Waals surface area (Å²) in [5, 5.41) is 11.9. The number of nitrogens with two attached hydrogens (primary N) is 1. The highest BCUT2D eigenvalue weighted by Gasteiger charge is 2.19. The molecule has 290 valence electrons. The van der Waals surface area contributed by atoms with E-state index >= 15 is 0 Å².